The molecule has 3 N–H and O–H groups in total. The Morgan fingerprint density at radius 2 is 1.83 bits per heavy atom. The Balaban J connectivity index is 1.56. The van der Waals surface area contributed by atoms with Gasteiger partial charge in [0.1, 0.15) is 11.7 Å². The van der Waals surface area contributed by atoms with Crippen LogP contribution in [0.1, 0.15) is 56.9 Å². The summed E-state index contributed by atoms with van der Waals surface area (Å²) in [7, 11) is 1.15. The summed E-state index contributed by atoms with van der Waals surface area (Å²) in [5.41, 5.74) is -0.465. The third-order valence-electron chi connectivity index (χ3n) is 7.47. The number of ketones is 1. The fourth-order valence-electron chi connectivity index (χ4n) is 5.51. The number of pyridine rings is 1. The van der Waals surface area contributed by atoms with Crippen LogP contribution in [-0.4, -0.2) is 76.0 Å². The molecule has 1 aromatic heterocycles. The fourth-order valence-corrected chi connectivity index (χ4v) is 5.51. The number of Topliss-reactive ketones (excluding diaryl/α,β-unsaturated/α-hetero) is 1. The normalized spacial score (nSPS) is 23.4. The first-order chi connectivity index (χ1) is 19.9. The van der Waals surface area contributed by atoms with Gasteiger partial charge in [-0.3, -0.25) is 19.2 Å². The number of aliphatic hydroxyl groups excluding tert-OH is 1. The molecule has 0 spiro atoms. The molecule has 2 aliphatic heterocycles. The van der Waals surface area contributed by atoms with Crippen molar-refractivity contribution in [2.45, 2.75) is 70.0 Å². The molecule has 13 heteroatoms. The van der Waals surface area contributed by atoms with Gasteiger partial charge < -0.3 is 29.1 Å². The van der Waals surface area contributed by atoms with Gasteiger partial charge >= 0.3 is 18.7 Å². The van der Waals surface area contributed by atoms with E-state index in [1.165, 1.54) is 13.0 Å². The van der Waals surface area contributed by atoms with Gasteiger partial charge in [-0.25, -0.2) is 4.98 Å². The molecule has 12 nitrogen and oxygen atoms in total. The summed E-state index contributed by atoms with van der Waals surface area (Å²) in [6, 6.07) is 12.8. The van der Waals surface area contributed by atoms with Crippen molar-refractivity contribution in [2.75, 3.05) is 7.11 Å². The van der Waals surface area contributed by atoms with Crippen LogP contribution in [-0.2, 0) is 33.2 Å². The van der Waals surface area contributed by atoms with Gasteiger partial charge in [0.05, 0.1) is 31.7 Å². The average Bonchev–Trinajstić information content (AvgIpc) is 3.15. The average molecular weight is 582 g/mol. The van der Waals surface area contributed by atoms with Crippen molar-refractivity contribution in [1.82, 2.24) is 10.3 Å². The molecule has 2 aliphatic rings. The van der Waals surface area contributed by atoms with Crippen molar-refractivity contribution < 1.29 is 47.8 Å². The quantitative estimate of drug-likeness (QED) is 0.214. The second-order valence-corrected chi connectivity index (χ2v) is 11.2. The molecule has 0 aliphatic carbocycles. The number of ether oxygens (including phenoxy) is 1. The van der Waals surface area contributed by atoms with E-state index >= 15 is 0 Å². The summed E-state index contributed by atoms with van der Waals surface area (Å²) >= 11 is 0. The molecule has 3 heterocycles. The molecule has 4 rings (SSSR count). The molecule has 224 valence electrons. The van der Waals surface area contributed by atoms with E-state index in [0.29, 0.717) is 5.69 Å². The maximum absolute atomic E-state index is 13.6. The number of aliphatic hydroxyl groups is 1. The maximum atomic E-state index is 13.6. The van der Waals surface area contributed by atoms with E-state index in [1.54, 1.807) is 12.1 Å². The highest BCUT2D eigenvalue weighted by Crippen LogP contribution is 2.47. The van der Waals surface area contributed by atoms with Crippen LogP contribution in [0.15, 0.2) is 48.5 Å². The first-order valence-corrected chi connectivity index (χ1v) is 13.8. The van der Waals surface area contributed by atoms with Gasteiger partial charge in [-0.1, -0.05) is 56.7 Å². The molecule has 1 amide bonds. The van der Waals surface area contributed by atoms with E-state index in [9.17, 15) is 29.1 Å². The molecular formula is C29H35BN2O10. The first kappa shape index (κ1) is 30.9. The third-order valence-corrected chi connectivity index (χ3v) is 7.47. The standard InChI is InChI=1S/C29H35BN2O10/c1-17(2)13-20(30-40-25(36)16-29(42-30,28(38)41-30)15-24(35)39-4)14-23(34)26(18(3)33)32-27(37)22-12-8-11-21(31-22)19-9-6-5-7-10-19/h5-12,17-18,20,26,33,41H,13-16H2,1-4H3,(H,32,37)/t18-,20-,26+,29+,30?/m1/s1. The molecule has 0 saturated carbocycles. The molecule has 42 heavy (non-hydrogen) atoms. The number of nitrogens with one attached hydrogen (secondary N) is 1. The predicted octanol–water partition coefficient (Wildman–Crippen LogP) is 1.88. The second kappa shape index (κ2) is 12.4. The highest BCUT2D eigenvalue weighted by molar-refractivity contribution is 6.67. The molecule has 1 aromatic carbocycles. The van der Waals surface area contributed by atoms with Crippen LogP contribution in [0.5, 0.6) is 0 Å². The van der Waals surface area contributed by atoms with Crippen LogP contribution in [0.2, 0.25) is 5.82 Å². The summed E-state index contributed by atoms with van der Waals surface area (Å²) in [5, 5.41) is 13.1. The summed E-state index contributed by atoms with van der Waals surface area (Å²) in [6.45, 7) is 2.09. The number of carbonyl (C=O) groups is 5. The minimum absolute atomic E-state index is 0.0462. The number of rotatable bonds is 12. The zero-order valence-electron chi connectivity index (χ0n) is 23.9. The van der Waals surface area contributed by atoms with Crippen molar-refractivity contribution in [3.05, 3.63) is 54.2 Å². The lowest BCUT2D eigenvalue weighted by atomic mass is 9.57. The molecule has 2 saturated heterocycles. The number of hydrogen-bond acceptors (Lipinski definition) is 10. The number of benzene rings is 1. The second-order valence-electron chi connectivity index (χ2n) is 11.2. The van der Waals surface area contributed by atoms with Crippen LogP contribution in [0.3, 0.4) is 0 Å². The van der Waals surface area contributed by atoms with Gasteiger partial charge in [-0.15, -0.1) is 0 Å². The molecule has 5 atom stereocenters. The van der Waals surface area contributed by atoms with Crippen molar-refractivity contribution in [1.29, 1.82) is 0 Å². The lowest BCUT2D eigenvalue weighted by Crippen LogP contribution is -2.57. The minimum Gasteiger partial charge on any atom is -0.716 e. The van der Waals surface area contributed by atoms with Crippen LogP contribution in [0, 0.1) is 5.92 Å². The Hall–Kier alpha value is -4.10. The van der Waals surface area contributed by atoms with Crippen LogP contribution >= 0.6 is 0 Å². The SMILES string of the molecule is COC(=O)C[C@@]12CC(=O)O[B-]([C@@H](CC(=O)[C@@H](NC(=O)c3cccc(-c4ccccc4)n3)[C@@H](C)O)CC(C)C)(O1)[OH+]C2=O. The number of methoxy groups -OCH3 is 1. The van der Waals surface area contributed by atoms with E-state index in [0.717, 1.165) is 12.7 Å². The number of nitrogens with zero attached hydrogens (tertiary/aromatic N) is 1. The molecule has 2 aromatic rings. The van der Waals surface area contributed by atoms with Gasteiger partial charge in [0.15, 0.2) is 5.78 Å². The van der Waals surface area contributed by atoms with Crippen molar-refractivity contribution in [3.8, 4) is 11.3 Å². The Morgan fingerprint density at radius 3 is 2.48 bits per heavy atom. The lowest BCUT2D eigenvalue weighted by Gasteiger charge is -2.43. The predicted molar refractivity (Wildman–Crippen MR) is 150 cm³/mol. The van der Waals surface area contributed by atoms with Crippen LogP contribution < -0.4 is 5.32 Å². The Kier molecular flexibility index (Phi) is 9.12. The van der Waals surface area contributed by atoms with Crippen LogP contribution in [0.4, 0.5) is 0 Å². The summed E-state index contributed by atoms with van der Waals surface area (Å²) in [4.78, 5) is 68.9. The maximum Gasteiger partial charge on any atom is 0.576 e. The third kappa shape index (κ3) is 6.52. The summed E-state index contributed by atoms with van der Waals surface area (Å²) < 4.78 is 20.3. The Labute approximate surface area is 243 Å². The monoisotopic (exact) mass is 582 g/mol. The number of amides is 1. The minimum atomic E-state index is -3.00. The van der Waals surface area contributed by atoms with E-state index < -0.39 is 72.8 Å². The molecule has 2 bridgehead atoms. The Bertz CT molecular complexity index is 1370. The van der Waals surface area contributed by atoms with Gasteiger partial charge in [0, 0.05) is 10.4 Å². The highest BCUT2D eigenvalue weighted by Gasteiger charge is 2.69. The largest absolute Gasteiger partial charge is 0.716 e. The number of aliphatic carboxylic acids is 1. The van der Waals surface area contributed by atoms with E-state index in [-0.39, 0.29) is 24.5 Å². The Morgan fingerprint density at radius 1 is 1.12 bits per heavy atom. The van der Waals surface area contributed by atoms with Gasteiger partial charge in [0.2, 0.25) is 5.60 Å². The van der Waals surface area contributed by atoms with Gasteiger partial charge in [-0.05, 0) is 37.2 Å². The topological polar surface area (TPSA) is 171 Å². The zero-order valence-corrected chi connectivity index (χ0v) is 23.9. The zero-order chi connectivity index (χ0) is 30.7. The van der Waals surface area contributed by atoms with E-state index in [4.69, 9.17) is 9.31 Å². The fraction of sp³-hybridized carbons (Fsp3) is 0.448. The van der Waals surface area contributed by atoms with E-state index in [1.807, 2.05) is 44.2 Å². The van der Waals surface area contributed by atoms with Crippen molar-refractivity contribution in [2.24, 2.45) is 5.92 Å². The van der Waals surface area contributed by atoms with Crippen LogP contribution in [0.25, 0.3) is 11.3 Å². The summed E-state index contributed by atoms with van der Waals surface area (Å²) in [6.07, 6.45) is -2.43. The summed E-state index contributed by atoms with van der Waals surface area (Å²) in [5.74, 6) is -4.59. The smallest absolute Gasteiger partial charge is 0.576 e. The number of aromatic nitrogens is 1. The van der Waals surface area contributed by atoms with Crippen molar-refractivity contribution >= 4 is 36.4 Å². The van der Waals surface area contributed by atoms with E-state index in [2.05, 4.69) is 19.7 Å². The number of carboxylic acids is 1. The number of carbonyl (C=O) groups excluding carboxylic acids is 4. The first-order valence-electron chi connectivity index (χ1n) is 13.8. The van der Waals surface area contributed by atoms with Crippen molar-refractivity contribution in [3.63, 3.8) is 0 Å². The molecular weight excluding hydrogens is 547 g/mol. The van der Waals surface area contributed by atoms with Gasteiger partial charge in [-0.2, -0.15) is 0 Å². The lowest BCUT2D eigenvalue weighted by molar-refractivity contribution is -0.163. The molecule has 2 fully saturated rings. The number of fused-ring (bicyclic) bond motifs is 2. The molecule has 0 radical (unpaired) electrons. The molecule has 1 unspecified atom stereocenters. The number of esters is 1. The van der Waals surface area contributed by atoms with Gasteiger partial charge in [0.25, 0.3) is 11.9 Å². The highest BCUT2D eigenvalue weighted by atomic mass is 16.8. The number of hydrogen-bond donors (Lipinski definition) is 2.